The molecule has 0 bridgehead atoms. The van der Waals surface area contributed by atoms with Crippen LogP contribution in [0.4, 0.5) is 0 Å². The minimum Gasteiger partial charge on any atom is -0.469 e. The number of esters is 1. The van der Waals surface area contributed by atoms with E-state index in [0.717, 1.165) is 18.6 Å². The Bertz CT molecular complexity index is 424. The summed E-state index contributed by atoms with van der Waals surface area (Å²) in [6.07, 6.45) is 4.72. The fourth-order valence-electron chi connectivity index (χ4n) is 2.64. The summed E-state index contributed by atoms with van der Waals surface area (Å²) in [5, 5.41) is -0.628. The summed E-state index contributed by atoms with van der Waals surface area (Å²) in [5.41, 5.74) is 0. The van der Waals surface area contributed by atoms with Crippen LogP contribution in [-0.2, 0) is 19.6 Å². The van der Waals surface area contributed by atoms with Crippen molar-refractivity contribution in [2.24, 2.45) is 5.92 Å². The molecular formula is C13H25NO4S2. The van der Waals surface area contributed by atoms with E-state index in [1.165, 1.54) is 11.4 Å². The van der Waals surface area contributed by atoms with E-state index in [9.17, 15) is 13.2 Å². The van der Waals surface area contributed by atoms with E-state index in [2.05, 4.69) is 0 Å². The lowest BCUT2D eigenvalue weighted by Gasteiger charge is -2.29. The van der Waals surface area contributed by atoms with E-state index in [4.69, 9.17) is 4.74 Å². The molecule has 0 spiro atoms. The summed E-state index contributed by atoms with van der Waals surface area (Å²) in [4.78, 5) is 11.7. The summed E-state index contributed by atoms with van der Waals surface area (Å²) >= 11 is 1.70. The van der Waals surface area contributed by atoms with Gasteiger partial charge >= 0.3 is 5.97 Å². The molecule has 5 nitrogen and oxygen atoms in total. The van der Waals surface area contributed by atoms with Gasteiger partial charge in [-0.1, -0.05) is 6.42 Å². The van der Waals surface area contributed by atoms with Crippen molar-refractivity contribution in [3.05, 3.63) is 0 Å². The van der Waals surface area contributed by atoms with E-state index >= 15 is 0 Å². The largest absolute Gasteiger partial charge is 0.469 e. The van der Waals surface area contributed by atoms with Crippen LogP contribution in [0, 0.1) is 5.92 Å². The van der Waals surface area contributed by atoms with Crippen LogP contribution in [0.15, 0.2) is 0 Å². The van der Waals surface area contributed by atoms with Gasteiger partial charge in [0.1, 0.15) is 0 Å². The van der Waals surface area contributed by atoms with Gasteiger partial charge in [-0.25, -0.2) is 12.7 Å². The molecule has 0 aromatic heterocycles. The summed E-state index contributed by atoms with van der Waals surface area (Å²) < 4.78 is 31.5. The maximum Gasteiger partial charge on any atom is 0.310 e. The van der Waals surface area contributed by atoms with E-state index in [0.29, 0.717) is 12.8 Å². The minimum absolute atomic E-state index is 0.0497. The van der Waals surface area contributed by atoms with Gasteiger partial charge in [-0.2, -0.15) is 11.8 Å². The van der Waals surface area contributed by atoms with Crippen LogP contribution in [0.1, 0.15) is 32.6 Å². The first-order chi connectivity index (χ1) is 9.36. The Morgan fingerprint density at radius 1 is 1.45 bits per heavy atom. The number of hydrogen-bond acceptors (Lipinski definition) is 5. The molecule has 0 saturated heterocycles. The molecule has 20 heavy (non-hydrogen) atoms. The number of carbonyl (C=O) groups is 1. The summed E-state index contributed by atoms with van der Waals surface area (Å²) in [6, 6.07) is -0.0497. The zero-order valence-electron chi connectivity index (χ0n) is 12.7. The highest BCUT2D eigenvalue weighted by Gasteiger charge is 2.44. The molecule has 1 aliphatic rings. The van der Waals surface area contributed by atoms with Gasteiger partial charge in [0.05, 0.1) is 18.3 Å². The predicted octanol–water partition coefficient (Wildman–Crippen LogP) is 1.73. The average molecular weight is 323 g/mol. The van der Waals surface area contributed by atoms with Crippen LogP contribution in [-0.4, -0.2) is 56.2 Å². The van der Waals surface area contributed by atoms with Crippen molar-refractivity contribution in [2.45, 2.75) is 43.9 Å². The molecule has 3 atom stereocenters. The lowest BCUT2D eigenvalue weighted by Crippen LogP contribution is -2.44. The molecule has 1 fully saturated rings. The van der Waals surface area contributed by atoms with Crippen molar-refractivity contribution in [1.29, 1.82) is 0 Å². The number of rotatable bonds is 7. The second-order valence-corrected chi connectivity index (χ2v) is 8.49. The molecule has 0 N–H and O–H groups in total. The van der Waals surface area contributed by atoms with E-state index < -0.39 is 27.2 Å². The molecule has 7 heteroatoms. The third-order valence-electron chi connectivity index (χ3n) is 4.10. The Labute approximate surface area is 126 Å². The number of sulfonamides is 1. The van der Waals surface area contributed by atoms with Crippen LogP contribution >= 0.6 is 11.8 Å². The molecule has 1 saturated carbocycles. The first kappa shape index (κ1) is 17.8. The van der Waals surface area contributed by atoms with Crippen LogP contribution in [0.25, 0.3) is 0 Å². The molecule has 0 heterocycles. The molecule has 1 rings (SSSR count). The van der Waals surface area contributed by atoms with Crippen molar-refractivity contribution in [2.75, 3.05) is 26.2 Å². The van der Waals surface area contributed by atoms with Gasteiger partial charge in [0, 0.05) is 13.1 Å². The fraction of sp³-hybridized carbons (Fsp3) is 0.923. The number of carbonyl (C=O) groups excluding carboxylic acids is 1. The number of methoxy groups -OCH3 is 1. The van der Waals surface area contributed by atoms with Crippen molar-refractivity contribution in [3.63, 3.8) is 0 Å². The van der Waals surface area contributed by atoms with E-state index in [-0.39, 0.29) is 6.04 Å². The normalized spacial score (nSPS) is 24.9. The van der Waals surface area contributed by atoms with E-state index in [1.807, 2.05) is 13.2 Å². The highest BCUT2D eigenvalue weighted by Crippen LogP contribution is 2.34. The van der Waals surface area contributed by atoms with Crippen molar-refractivity contribution >= 4 is 27.8 Å². The molecule has 0 radical (unpaired) electrons. The first-order valence-corrected chi connectivity index (χ1v) is 9.79. The second kappa shape index (κ2) is 7.66. The topological polar surface area (TPSA) is 63.7 Å². The Kier molecular flexibility index (Phi) is 6.81. The maximum absolute atomic E-state index is 12.7. The lowest BCUT2D eigenvalue weighted by molar-refractivity contribution is -0.145. The number of thioether (sulfide) groups is 1. The van der Waals surface area contributed by atoms with Gasteiger partial charge in [-0.15, -0.1) is 0 Å². The highest BCUT2D eigenvalue weighted by atomic mass is 32.2. The van der Waals surface area contributed by atoms with Gasteiger partial charge in [-0.3, -0.25) is 4.79 Å². The zero-order valence-corrected chi connectivity index (χ0v) is 14.3. The van der Waals surface area contributed by atoms with Gasteiger partial charge < -0.3 is 4.74 Å². The summed E-state index contributed by atoms with van der Waals surface area (Å²) in [7, 11) is -0.517. The molecule has 118 valence electrons. The van der Waals surface area contributed by atoms with Crippen LogP contribution in [0.2, 0.25) is 0 Å². The third kappa shape index (κ3) is 3.89. The Balaban J connectivity index is 2.83. The Hall–Kier alpha value is -0.270. The SMILES string of the molecule is COC(=O)C1CCCC1S(=O)(=O)N(C)C(C)CCSC. The van der Waals surface area contributed by atoms with Gasteiger partial charge in [0.25, 0.3) is 0 Å². The van der Waals surface area contributed by atoms with Crippen LogP contribution in [0.3, 0.4) is 0 Å². The molecule has 0 aromatic rings. The van der Waals surface area contributed by atoms with Gasteiger partial charge in [0.2, 0.25) is 10.0 Å². The average Bonchev–Trinajstić information content (AvgIpc) is 2.92. The standard InChI is InChI=1S/C13H25NO4S2/c1-10(8-9-19-4)14(2)20(16,17)12-7-5-6-11(12)13(15)18-3/h10-12H,5-9H2,1-4H3. The zero-order chi connectivity index (χ0) is 15.3. The van der Waals surface area contributed by atoms with Crippen molar-refractivity contribution in [3.8, 4) is 0 Å². The Morgan fingerprint density at radius 3 is 2.65 bits per heavy atom. The van der Waals surface area contributed by atoms with Gasteiger partial charge in [-0.05, 0) is 38.2 Å². The monoisotopic (exact) mass is 323 g/mol. The second-order valence-electron chi connectivity index (χ2n) is 5.29. The molecule has 1 aliphatic carbocycles. The van der Waals surface area contributed by atoms with Crippen molar-refractivity contribution < 1.29 is 17.9 Å². The summed E-state index contributed by atoms with van der Waals surface area (Å²) in [6.45, 7) is 1.91. The number of ether oxygens (including phenoxy) is 1. The molecule has 0 aliphatic heterocycles. The first-order valence-electron chi connectivity index (χ1n) is 6.89. The fourth-order valence-corrected chi connectivity index (χ4v) is 5.38. The molecule has 0 amide bonds. The Morgan fingerprint density at radius 2 is 2.10 bits per heavy atom. The molecule has 3 unspecified atom stereocenters. The van der Waals surface area contributed by atoms with Gasteiger partial charge in [0.15, 0.2) is 0 Å². The summed E-state index contributed by atoms with van der Waals surface area (Å²) in [5.74, 6) is 0.00741. The van der Waals surface area contributed by atoms with Crippen LogP contribution in [0.5, 0.6) is 0 Å². The maximum atomic E-state index is 12.7. The predicted molar refractivity (Wildman–Crippen MR) is 82.3 cm³/mol. The highest BCUT2D eigenvalue weighted by molar-refractivity contribution is 7.98. The molecular weight excluding hydrogens is 298 g/mol. The third-order valence-corrected chi connectivity index (χ3v) is 7.24. The molecule has 0 aromatic carbocycles. The smallest absolute Gasteiger partial charge is 0.310 e. The lowest BCUT2D eigenvalue weighted by atomic mass is 10.1. The van der Waals surface area contributed by atoms with Crippen molar-refractivity contribution in [1.82, 2.24) is 4.31 Å². The quantitative estimate of drug-likeness (QED) is 0.668. The number of hydrogen-bond donors (Lipinski definition) is 0. The number of nitrogens with zero attached hydrogens (tertiary/aromatic N) is 1. The minimum atomic E-state index is -3.45. The van der Waals surface area contributed by atoms with E-state index in [1.54, 1.807) is 18.8 Å². The van der Waals surface area contributed by atoms with Crippen LogP contribution < -0.4 is 0 Å².